The summed E-state index contributed by atoms with van der Waals surface area (Å²) in [7, 11) is 0. The van der Waals surface area contributed by atoms with Gasteiger partial charge in [-0.25, -0.2) is 4.39 Å². The molecule has 20 heavy (non-hydrogen) atoms. The van der Waals surface area contributed by atoms with Crippen molar-refractivity contribution < 1.29 is 4.39 Å². The Morgan fingerprint density at radius 1 is 1.05 bits per heavy atom. The zero-order valence-corrected chi connectivity index (χ0v) is 12.1. The Hall–Kier alpha value is -1.87. The molecular formula is C17H21FN2. The van der Waals surface area contributed by atoms with Crippen LogP contribution in [0.1, 0.15) is 16.7 Å². The standard InChI is InChI=1S/C17H21FN2/c1-13-7-8-16(11-14(13)2)20(10-9-19)12-15-5-3-4-6-17(15)18/h3-8,11H,9-10,12,19H2,1-2H3. The quantitative estimate of drug-likeness (QED) is 0.903. The molecular weight excluding hydrogens is 251 g/mol. The monoisotopic (exact) mass is 272 g/mol. The first kappa shape index (κ1) is 14.5. The van der Waals surface area contributed by atoms with E-state index in [9.17, 15) is 4.39 Å². The number of nitrogens with zero attached hydrogens (tertiary/aromatic N) is 1. The molecule has 2 aromatic rings. The van der Waals surface area contributed by atoms with E-state index in [4.69, 9.17) is 5.73 Å². The maximum absolute atomic E-state index is 13.8. The molecule has 0 atom stereocenters. The molecule has 0 radical (unpaired) electrons. The lowest BCUT2D eigenvalue weighted by Crippen LogP contribution is -2.29. The lowest BCUT2D eigenvalue weighted by Gasteiger charge is -2.25. The summed E-state index contributed by atoms with van der Waals surface area (Å²) < 4.78 is 13.8. The van der Waals surface area contributed by atoms with Gasteiger partial charge in [0.25, 0.3) is 0 Å². The Morgan fingerprint density at radius 3 is 2.45 bits per heavy atom. The molecule has 106 valence electrons. The van der Waals surface area contributed by atoms with Crippen molar-refractivity contribution in [2.45, 2.75) is 20.4 Å². The van der Waals surface area contributed by atoms with Gasteiger partial charge >= 0.3 is 0 Å². The first-order chi connectivity index (χ1) is 9.61. The van der Waals surface area contributed by atoms with Crippen LogP contribution in [0.5, 0.6) is 0 Å². The largest absolute Gasteiger partial charge is 0.366 e. The van der Waals surface area contributed by atoms with Crippen LogP contribution in [0.4, 0.5) is 10.1 Å². The molecule has 3 heteroatoms. The van der Waals surface area contributed by atoms with Crippen LogP contribution in [0.15, 0.2) is 42.5 Å². The highest BCUT2D eigenvalue weighted by atomic mass is 19.1. The number of hydrogen-bond donors (Lipinski definition) is 1. The van der Waals surface area contributed by atoms with E-state index >= 15 is 0 Å². The second-order valence-corrected chi connectivity index (χ2v) is 5.07. The van der Waals surface area contributed by atoms with E-state index in [2.05, 4.69) is 36.9 Å². The third-order valence-electron chi connectivity index (χ3n) is 3.57. The number of hydrogen-bond acceptors (Lipinski definition) is 2. The number of rotatable bonds is 5. The third-order valence-corrected chi connectivity index (χ3v) is 3.57. The Bertz CT molecular complexity index is 581. The second kappa shape index (κ2) is 6.53. The average Bonchev–Trinajstić information content (AvgIpc) is 2.44. The summed E-state index contributed by atoms with van der Waals surface area (Å²) >= 11 is 0. The third kappa shape index (κ3) is 3.36. The number of nitrogens with two attached hydrogens (primary N) is 1. The molecule has 0 aromatic heterocycles. The van der Waals surface area contributed by atoms with Crippen molar-refractivity contribution >= 4 is 5.69 Å². The summed E-state index contributed by atoms with van der Waals surface area (Å²) in [6, 6.07) is 13.2. The van der Waals surface area contributed by atoms with E-state index < -0.39 is 0 Å². The van der Waals surface area contributed by atoms with Crippen LogP contribution in [0, 0.1) is 19.7 Å². The van der Waals surface area contributed by atoms with E-state index in [-0.39, 0.29) is 5.82 Å². The highest BCUT2D eigenvalue weighted by molar-refractivity contribution is 5.51. The smallest absolute Gasteiger partial charge is 0.128 e. The predicted octanol–water partition coefficient (Wildman–Crippen LogP) is 3.41. The van der Waals surface area contributed by atoms with Gasteiger partial charge in [0.15, 0.2) is 0 Å². The van der Waals surface area contributed by atoms with Crippen LogP contribution in [0.2, 0.25) is 0 Å². The molecule has 2 nitrogen and oxygen atoms in total. The van der Waals surface area contributed by atoms with Crippen LogP contribution < -0.4 is 10.6 Å². The van der Waals surface area contributed by atoms with Gasteiger partial charge in [0.05, 0.1) is 0 Å². The number of benzene rings is 2. The van der Waals surface area contributed by atoms with E-state index in [0.29, 0.717) is 25.2 Å². The van der Waals surface area contributed by atoms with Crippen LogP contribution in [-0.4, -0.2) is 13.1 Å². The first-order valence-corrected chi connectivity index (χ1v) is 6.87. The van der Waals surface area contributed by atoms with Gasteiger partial charge in [-0.2, -0.15) is 0 Å². The Balaban J connectivity index is 2.27. The summed E-state index contributed by atoms with van der Waals surface area (Å²) in [6.45, 7) is 5.95. The van der Waals surface area contributed by atoms with Gasteiger partial charge in [-0.15, -0.1) is 0 Å². The fraction of sp³-hybridized carbons (Fsp3) is 0.294. The zero-order chi connectivity index (χ0) is 14.5. The van der Waals surface area contributed by atoms with Crippen molar-refractivity contribution in [1.29, 1.82) is 0 Å². The van der Waals surface area contributed by atoms with Gasteiger partial charge in [-0.05, 0) is 43.2 Å². The Kier molecular flexibility index (Phi) is 4.74. The predicted molar refractivity (Wildman–Crippen MR) is 82.4 cm³/mol. The van der Waals surface area contributed by atoms with Gasteiger partial charge in [0.2, 0.25) is 0 Å². The number of anilines is 1. The fourth-order valence-electron chi connectivity index (χ4n) is 2.21. The lowest BCUT2D eigenvalue weighted by molar-refractivity contribution is 0.604. The molecule has 2 aromatic carbocycles. The van der Waals surface area contributed by atoms with Crippen molar-refractivity contribution in [3.05, 3.63) is 65.0 Å². The SMILES string of the molecule is Cc1ccc(N(CCN)Cc2ccccc2F)cc1C. The van der Waals surface area contributed by atoms with Gasteiger partial charge in [-0.1, -0.05) is 24.3 Å². The molecule has 0 amide bonds. The maximum atomic E-state index is 13.8. The molecule has 0 aliphatic heterocycles. The maximum Gasteiger partial charge on any atom is 0.128 e. The topological polar surface area (TPSA) is 29.3 Å². The summed E-state index contributed by atoms with van der Waals surface area (Å²) in [6.07, 6.45) is 0. The highest BCUT2D eigenvalue weighted by Gasteiger charge is 2.10. The average molecular weight is 272 g/mol. The van der Waals surface area contributed by atoms with Crippen molar-refractivity contribution in [2.75, 3.05) is 18.0 Å². The van der Waals surface area contributed by atoms with Crippen LogP contribution in [0.3, 0.4) is 0 Å². The molecule has 0 saturated carbocycles. The zero-order valence-electron chi connectivity index (χ0n) is 12.1. The van der Waals surface area contributed by atoms with E-state index in [1.54, 1.807) is 6.07 Å². The minimum absolute atomic E-state index is 0.168. The van der Waals surface area contributed by atoms with Crippen molar-refractivity contribution in [3.8, 4) is 0 Å². The molecule has 2 rings (SSSR count). The van der Waals surface area contributed by atoms with Crippen molar-refractivity contribution in [3.63, 3.8) is 0 Å². The number of halogens is 1. The normalized spacial score (nSPS) is 10.6. The molecule has 0 spiro atoms. The van der Waals surface area contributed by atoms with Crippen molar-refractivity contribution in [2.24, 2.45) is 5.73 Å². The Labute approximate surface area is 120 Å². The molecule has 0 aliphatic rings. The molecule has 0 aliphatic carbocycles. The minimum atomic E-state index is -0.168. The highest BCUT2D eigenvalue weighted by Crippen LogP contribution is 2.21. The molecule has 0 heterocycles. The van der Waals surface area contributed by atoms with Gasteiger partial charge < -0.3 is 10.6 Å². The van der Waals surface area contributed by atoms with Crippen LogP contribution in [0.25, 0.3) is 0 Å². The molecule has 0 saturated heterocycles. The molecule has 0 fully saturated rings. The summed E-state index contributed by atoms with van der Waals surface area (Å²) in [5, 5.41) is 0. The molecule has 2 N–H and O–H groups in total. The van der Waals surface area contributed by atoms with Crippen molar-refractivity contribution in [1.82, 2.24) is 0 Å². The van der Waals surface area contributed by atoms with Gasteiger partial charge in [0, 0.05) is 30.9 Å². The van der Waals surface area contributed by atoms with Crippen LogP contribution in [-0.2, 0) is 6.54 Å². The molecule has 0 unspecified atom stereocenters. The van der Waals surface area contributed by atoms with Crippen LogP contribution >= 0.6 is 0 Å². The summed E-state index contributed by atoms with van der Waals surface area (Å²) in [5.74, 6) is -0.168. The lowest BCUT2D eigenvalue weighted by atomic mass is 10.1. The summed E-state index contributed by atoms with van der Waals surface area (Å²) in [5.41, 5.74) is 9.96. The first-order valence-electron chi connectivity index (χ1n) is 6.87. The minimum Gasteiger partial charge on any atom is -0.366 e. The van der Waals surface area contributed by atoms with E-state index in [1.807, 2.05) is 12.1 Å². The van der Waals surface area contributed by atoms with Gasteiger partial charge in [0.1, 0.15) is 5.82 Å². The fourth-order valence-corrected chi connectivity index (χ4v) is 2.21. The Morgan fingerprint density at radius 2 is 1.80 bits per heavy atom. The van der Waals surface area contributed by atoms with E-state index in [1.165, 1.54) is 17.2 Å². The summed E-state index contributed by atoms with van der Waals surface area (Å²) in [4.78, 5) is 2.12. The molecule has 0 bridgehead atoms. The van der Waals surface area contributed by atoms with E-state index in [0.717, 1.165) is 5.69 Å². The second-order valence-electron chi connectivity index (χ2n) is 5.07. The van der Waals surface area contributed by atoms with Gasteiger partial charge in [-0.3, -0.25) is 0 Å². The number of aryl methyl sites for hydroxylation is 2.